The van der Waals surface area contributed by atoms with Gasteiger partial charge in [-0.2, -0.15) is 0 Å². The van der Waals surface area contributed by atoms with E-state index < -0.39 is 0 Å². The molecule has 1 rings (SSSR count). The number of nitrogens with zero attached hydrogens (tertiary/aromatic N) is 1. The van der Waals surface area contributed by atoms with Crippen LogP contribution in [0, 0.1) is 11.7 Å². The summed E-state index contributed by atoms with van der Waals surface area (Å²) < 4.78 is 24.4. The molecule has 5 nitrogen and oxygen atoms in total. The lowest BCUT2D eigenvalue weighted by molar-refractivity contribution is 0.0258. The summed E-state index contributed by atoms with van der Waals surface area (Å²) >= 11 is 0. The molecule has 0 saturated heterocycles. The van der Waals surface area contributed by atoms with Crippen molar-refractivity contribution in [2.75, 3.05) is 26.8 Å². The first-order chi connectivity index (χ1) is 12.0. The fraction of sp³-hybridized carbons (Fsp3) is 0.632. The molecular weight excluding hydrogens is 448 g/mol. The van der Waals surface area contributed by atoms with Crippen LogP contribution in [0.4, 0.5) is 4.39 Å². The molecule has 0 bridgehead atoms. The number of benzene rings is 1. The van der Waals surface area contributed by atoms with Crippen LogP contribution in [0.1, 0.15) is 39.7 Å². The largest absolute Gasteiger partial charge is 0.494 e. The number of hydrogen-bond acceptors (Lipinski definition) is 3. The number of halogens is 2. The molecule has 150 valence electrons. The van der Waals surface area contributed by atoms with Gasteiger partial charge in [-0.05, 0) is 43.9 Å². The first kappa shape index (κ1) is 24.9. The SMILES string of the molecule is CCNC(=NCc1ccc(OC)c(F)c1)NCCC(OCC)C(C)C.I. The third-order valence-electron chi connectivity index (χ3n) is 3.83. The van der Waals surface area contributed by atoms with Crippen LogP contribution in [0.25, 0.3) is 0 Å². The Hall–Kier alpha value is -1.09. The monoisotopic (exact) mass is 481 g/mol. The van der Waals surface area contributed by atoms with E-state index in [0.717, 1.165) is 37.6 Å². The van der Waals surface area contributed by atoms with Crippen LogP contribution in [0.2, 0.25) is 0 Å². The van der Waals surface area contributed by atoms with Crippen LogP contribution in [0.15, 0.2) is 23.2 Å². The van der Waals surface area contributed by atoms with Crippen LogP contribution in [0.5, 0.6) is 5.75 Å². The first-order valence-corrected chi connectivity index (χ1v) is 8.97. The molecule has 0 heterocycles. The number of nitrogens with one attached hydrogen (secondary N) is 2. The second-order valence-electron chi connectivity index (χ2n) is 6.12. The van der Waals surface area contributed by atoms with Gasteiger partial charge in [-0.25, -0.2) is 9.38 Å². The number of rotatable bonds is 10. The Morgan fingerprint density at radius 1 is 1.23 bits per heavy atom. The Morgan fingerprint density at radius 3 is 2.50 bits per heavy atom. The molecule has 1 unspecified atom stereocenters. The minimum atomic E-state index is -0.371. The van der Waals surface area contributed by atoms with Crippen molar-refractivity contribution in [2.45, 2.75) is 46.8 Å². The van der Waals surface area contributed by atoms with Crippen LogP contribution in [0.3, 0.4) is 0 Å². The van der Waals surface area contributed by atoms with E-state index in [9.17, 15) is 4.39 Å². The van der Waals surface area contributed by atoms with E-state index in [0.29, 0.717) is 12.5 Å². The molecule has 0 aliphatic heterocycles. The average molecular weight is 481 g/mol. The van der Waals surface area contributed by atoms with Gasteiger partial charge in [-0.3, -0.25) is 0 Å². The highest BCUT2D eigenvalue weighted by atomic mass is 127. The smallest absolute Gasteiger partial charge is 0.191 e. The topological polar surface area (TPSA) is 54.9 Å². The second kappa shape index (κ2) is 14.0. The summed E-state index contributed by atoms with van der Waals surface area (Å²) in [5.74, 6) is 1.07. The summed E-state index contributed by atoms with van der Waals surface area (Å²) in [5.41, 5.74) is 0.796. The van der Waals surface area contributed by atoms with Gasteiger partial charge in [0.15, 0.2) is 17.5 Å². The zero-order chi connectivity index (χ0) is 18.7. The van der Waals surface area contributed by atoms with Gasteiger partial charge < -0.3 is 20.1 Å². The molecule has 0 radical (unpaired) electrons. The normalized spacial score (nSPS) is 12.5. The zero-order valence-corrected chi connectivity index (χ0v) is 18.8. The third-order valence-corrected chi connectivity index (χ3v) is 3.83. The highest BCUT2D eigenvalue weighted by Gasteiger charge is 2.13. The lowest BCUT2D eigenvalue weighted by atomic mass is 10.0. The van der Waals surface area contributed by atoms with Crippen LogP contribution < -0.4 is 15.4 Å². The highest BCUT2D eigenvalue weighted by Crippen LogP contribution is 2.18. The molecule has 0 aliphatic rings. The maximum Gasteiger partial charge on any atom is 0.191 e. The summed E-state index contributed by atoms with van der Waals surface area (Å²) in [6.45, 7) is 11.0. The van der Waals surface area contributed by atoms with Gasteiger partial charge in [0, 0.05) is 19.7 Å². The van der Waals surface area contributed by atoms with E-state index in [1.165, 1.54) is 13.2 Å². The maximum absolute atomic E-state index is 13.7. The molecule has 1 atom stereocenters. The van der Waals surface area contributed by atoms with Crippen LogP contribution in [-0.2, 0) is 11.3 Å². The van der Waals surface area contributed by atoms with Crippen molar-refractivity contribution < 1.29 is 13.9 Å². The molecule has 0 spiro atoms. The molecule has 0 saturated carbocycles. The van der Waals surface area contributed by atoms with Crippen molar-refractivity contribution in [2.24, 2.45) is 10.9 Å². The molecule has 26 heavy (non-hydrogen) atoms. The molecule has 1 aromatic rings. The van der Waals surface area contributed by atoms with E-state index >= 15 is 0 Å². The summed E-state index contributed by atoms with van der Waals surface area (Å²) in [7, 11) is 1.45. The number of aliphatic imine (C=N–C) groups is 1. The minimum Gasteiger partial charge on any atom is -0.494 e. The lowest BCUT2D eigenvalue weighted by Gasteiger charge is -2.21. The minimum absolute atomic E-state index is 0. The molecule has 0 amide bonds. The van der Waals surface area contributed by atoms with Crippen LogP contribution >= 0.6 is 24.0 Å². The molecule has 1 aromatic carbocycles. The number of ether oxygens (including phenoxy) is 2. The van der Waals surface area contributed by atoms with Crippen molar-refractivity contribution in [3.05, 3.63) is 29.6 Å². The second-order valence-corrected chi connectivity index (χ2v) is 6.12. The summed E-state index contributed by atoms with van der Waals surface area (Å²) in [5, 5.41) is 6.52. The van der Waals surface area contributed by atoms with Crippen LogP contribution in [-0.4, -0.2) is 38.9 Å². The average Bonchev–Trinajstić information content (AvgIpc) is 2.58. The summed E-state index contributed by atoms with van der Waals surface area (Å²) in [6, 6.07) is 4.89. The van der Waals surface area contributed by atoms with Crippen molar-refractivity contribution in [1.29, 1.82) is 0 Å². The lowest BCUT2D eigenvalue weighted by Crippen LogP contribution is -2.39. The fourth-order valence-electron chi connectivity index (χ4n) is 2.48. The quantitative estimate of drug-likeness (QED) is 0.302. The Bertz CT molecular complexity index is 542. The number of hydrogen-bond donors (Lipinski definition) is 2. The Kier molecular flexibility index (Phi) is 13.4. The molecular formula is C19H33FIN3O2. The van der Waals surface area contributed by atoms with E-state index in [2.05, 4.69) is 29.5 Å². The molecule has 0 aromatic heterocycles. The van der Waals surface area contributed by atoms with Gasteiger partial charge >= 0.3 is 0 Å². The van der Waals surface area contributed by atoms with Gasteiger partial charge in [-0.1, -0.05) is 19.9 Å². The molecule has 0 aliphatic carbocycles. The van der Waals surface area contributed by atoms with E-state index in [-0.39, 0.29) is 41.6 Å². The predicted molar refractivity (Wildman–Crippen MR) is 116 cm³/mol. The van der Waals surface area contributed by atoms with Crippen molar-refractivity contribution in [3.8, 4) is 5.75 Å². The molecule has 2 N–H and O–H groups in total. The fourth-order valence-corrected chi connectivity index (χ4v) is 2.48. The Balaban J connectivity index is 0.00000625. The van der Waals surface area contributed by atoms with Gasteiger partial charge in [0.2, 0.25) is 0 Å². The highest BCUT2D eigenvalue weighted by molar-refractivity contribution is 14.0. The standard InChI is InChI=1S/C19H32FN3O2.HI/c1-6-21-19(22-11-10-17(14(3)4)25-7-2)23-13-15-8-9-18(24-5)16(20)12-15;/h8-9,12,14,17H,6-7,10-11,13H2,1-5H3,(H2,21,22,23);1H. The van der Waals surface area contributed by atoms with E-state index in [1.54, 1.807) is 6.07 Å². The summed E-state index contributed by atoms with van der Waals surface area (Å²) in [4.78, 5) is 4.51. The van der Waals surface area contributed by atoms with Crippen molar-refractivity contribution in [1.82, 2.24) is 10.6 Å². The Morgan fingerprint density at radius 2 is 1.96 bits per heavy atom. The van der Waals surface area contributed by atoms with Gasteiger partial charge in [0.25, 0.3) is 0 Å². The number of methoxy groups -OCH3 is 1. The van der Waals surface area contributed by atoms with Gasteiger partial charge in [0.1, 0.15) is 0 Å². The molecule has 7 heteroatoms. The predicted octanol–water partition coefficient (Wildman–Crippen LogP) is 3.96. The van der Waals surface area contributed by atoms with Gasteiger partial charge in [-0.15, -0.1) is 24.0 Å². The van der Waals surface area contributed by atoms with Crippen molar-refractivity contribution >= 4 is 29.9 Å². The van der Waals surface area contributed by atoms with Gasteiger partial charge in [0.05, 0.1) is 19.8 Å². The van der Waals surface area contributed by atoms with E-state index in [4.69, 9.17) is 9.47 Å². The summed E-state index contributed by atoms with van der Waals surface area (Å²) in [6.07, 6.45) is 1.14. The zero-order valence-electron chi connectivity index (χ0n) is 16.5. The first-order valence-electron chi connectivity index (χ1n) is 8.97. The number of guanidine groups is 1. The van der Waals surface area contributed by atoms with E-state index in [1.807, 2.05) is 19.9 Å². The Labute approximate surface area is 174 Å². The molecule has 0 fully saturated rings. The third kappa shape index (κ3) is 9.02. The maximum atomic E-state index is 13.7. The van der Waals surface area contributed by atoms with Crippen molar-refractivity contribution in [3.63, 3.8) is 0 Å².